The van der Waals surface area contributed by atoms with E-state index >= 15 is 0 Å². The van der Waals surface area contributed by atoms with Crippen LogP contribution in [0.5, 0.6) is 0 Å². The molecular weight excluding hydrogens is 314 g/mol. The van der Waals surface area contributed by atoms with Gasteiger partial charge in [-0.2, -0.15) is 5.26 Å². The lowest BCUT2D eigenvalue weighted by Crippen LogP contribution is -2.22. The first-order valence-corrected chi connectivity index (χ1v) is 7.98. The van der Waals surface area contributed by atoms with Gasteiger partial charge in [0.05, 0.1) is 40.5 Å². The zero-order valence-electron chi connectivity index (χ0n) is 13.5. The van der Waals surface area contributed by atoms with E-state index in [1.807, 2.05) is 48.5 Å². The molecule has 2 aromatic carbocycles. The minimum atomic E-state index is -0.955. The maximum absolute atomic E-state index is 13.0. The molecule has 2 unspecified atom stereocenters. The monoisotopic (exact) mass is 329 g/mol. The van der Waals surface area contributed by atoms with Crippen molar-refractivity contribution in [2.24, 2.45) is 0 Å². The first-order valence-electron chi connectivity index (χ1n) is 7.98. The van der Waals surface area contributed by atoms with Crippen LogP contribution in [-0.2, 0) is 4.79 Å². The molecule has 2 heterocycles. The van der Waals surface area contributed by atoms with Crippen molar-refractivity contribution in [3.8, 4) is 6.07 Å². The number of rotatable bonds is 4. The Hall–Kier alpha value is -3.46. The lowest BCUT2D eigenvalue weighted by atomic mass is 9.99. The second kappa shape index (κ2) is 5.87. The zero-order valence-corrected chi connectivity index (χ0v) is 13.5. The van der Waals surface area contributed by atoms with Gasteiger partial charge in [-0.3, -0.25) is 4.79 Å². The Morgan fingerprint density at radius 1 is 1.16 bits per heavy atom. The normalized spacial score (nSPS) is 13.6. The van der Waals surface area contributed by atoms with E-state index in [0.717, 1.165) is 22.1 Å². The van der Waals surface area contributed by atoms with E-state index in [4.69, 9.17) is 0 Å². The third-order valence-corrected chi connectivity index (χ3v) is 4.40. The Bertz CT molecular complexity index is 1080. The molecule has 2 aromatic heterocycles. The molecule has 25 heavy (non-hydrogen) atoms. The fourth-order valence-corrected chi connectivity index (χ4v) is 3.03. The number of hydrogen-bond acceptors (Lipinski definition) is 4. The lowest BCUT2D eigenvalue weighted by Gasteiger charge is -2.15. The number of aromatic nitrogens is 4. The first kappa shape index (κ1) is 15.1. The summed E-state index contributed by atoms with van der Waals surface area (Å²) >= 11 is 0. The van der Waals surface area contributed by atoms with Gasteiger partial charge in [0.1, 0.15) is 5.82 Å². The van der Waals surface area contributed by atoms with Crippen LogP contribution in [0.2, 0.25) is 0 Å². The maximum atomic E-state index is 13.0. The number of Topliss-reactive ketones (excluding diaryl/α,β-unsaturated/α-hetero) is 1. The van der Waals surface area contributed by atoms with Crippen LogP contribution < -0.4 is 0 Å². The highest BCUT2D eigenvalue weighted by molar-refractivity contribution is 5.92. The van der Waals surface area contributed by atoms with Gasteiger partial charge in [0, 0.05) is 0 Å². The Kier molecular flexibility index (Phi) is 3.55. The number of aromatic amines is 1. The number of ketones is 1. The van der Waals surface area contributed by atoms with Crippen LogP contribution >= 0.6 is 0 Å². The molecule has 0 fully saturated rings. The van der Waals surface area contributed by atoms with E-state index < -0.39 is 12.0 Å². The number of nitrogens with one attached hydrogen (secondary N) is 1. The number of carbonyl (C=O) groups excluding carboxylic acids is 1. The summed E-state index contributed by atoms with van der Waals surface area (Å²) in [6.45, 7) is 1.78. The quantitative estimate of drug-likeness (QED) is 0.622. The highest BCUT2D eigenvalue weighted by Crippen LogP contribution is 2.25. The van der Waals surface area contributed by atoms with Crippen molar-refractivity contribution in [1.29, 1.82) is 5.26 Å². The van der Waals surface area contributed by atoms with E-state index in [0.29, 0.717) is 5.82 Å². The van der Waals surface area contributed by atoms with Crippen LogP contribution in [0.15, 0.2) is 54.9 Å². The molecule has 0 spiro atoms. The van der Waals surface area contributed by atoms with E-state index in [2.05, 4.69) is 21.0 Å². The molecule has 0 amide bonds. The van der Waals surface area contributed by atoms with Crippen LogP contribution in [-0.4, -0.2) is 25.3 Å². The highest BCUT2D eigenvalue weighted by atomic mass is 16.1. The van der Waals surface area contributed by atoms with Crippen LogP contribution in [0.1, 0.15) is 24.7 Å². The van der Waals surface area contributed by atoms with Gasteiger partial charge >= 0.3 is 0 Å². The smallest absolute Gasteiger partial charge is 0.180 e. The van der Waals surface area contributed by atoms with E-state index in [1.165, 1.54) is 0 Å². The molecule has 4 aromatic rings. The molecule has 0 aliphatic rings. The molecule has 2 atom stereocenters. The molecule has 0 bridgehead atoms. The fraction of sp³-hybridized carbons (Fsp3) is 0.158. The number of fused-ring (bicyclic) bond motifs is 2. The number of carbonyl (C=O) groups is 1. The van der Waals surface area contributed by atoms with Crippen molar-refractivity contribution in [1.82, 2.24) is 19.5 Å². The van der Waals surface area contributed by atoms with Crippen molar-refractivity contribution in [3.63, 3.8) is 0 Å². The Balaban J connectivity index is 1.71. The van der Waals surface area contributed by atoms with E-state index in [9.17, 15) is 10.1 Å². The zero-order chi connectivity index (χ0) is 17.4. The average molecular weight is 329 g/mol. The predicted molar refractivity (Wildman–Crippen MR) is 93.9 cm³/mol. The van der Waals surface area contributed by atoms with Crippen LogP contribution in [0.25, 0.3) is 22.1 Å². The van der Waals surface area contributed by atoms with E-state index in [1.54, 1.807) is 17.8 Å². The minimum Gasteiger partial charge on any atom is -0.340 e. The van der Waals surface area contributed by atoms with Crippen molar-refractivity contribution < 1.29 is 4.79 Å². The summed E-state index contributed by atoms with van der Waals surface area (Å²) in [6.07, 6.45) is 1.64. The third kappa shape index (κ3) is 2.46. The van der Waals surface area contributed by atoms with Gasteiger partial charge in [-0.05, 0) is 31.2 Å². The Labute approximate surface area is 143 Å². The average Bonchev–Trinajstić information content (AvgIpc) is 3.25. The molecule has 4 rings (SSSR count). The summed E-state index contributed by atoms with van der Waals surface area (Å²) in [4.78, 5) is 24.8. The molecule has 0 aliphatic carbocycles. The SMILES string of the molecule is CC(C(=O)C(C#N)c1nc2ccccc2[nH]1)n1cnc2ccccc21. The van der Waals surface area contributed by atoms with Gasteiger partial charge in [0.2, 0.25) is 0 Å². The number of hydrogen-bond donors (Lipinski definition) is 1. The van der Waals surface area contributed by atoms with Crippen molar-refractivity contribution >= 4 is 27.9 Å². The van der Waals surface area contributed by atoms with Crippen molar-refractivity contribution in [2.45, 2.75) is 18.9 Å². The summed E-state index contributed by atoms with van der Waals surface area (Å²) in [5, 5.41) is 9.58. The second-order valence-electron chi connectivity index (χ2n) is 5.92. The summed E-state index contributed by atoms with van der Waals surface area (Å²) in [6, 6.07) is 16.7. The summed E-state index contributed by atoms with van der Waals surface area (Å²) < 4.78 is 1.80. The molecule has 6 heteroatoms. The number of para-hydroxylation sites is 4. The highest BCUT2D eigenvalue weighted by Gasteiger charge is 2.29. The standard InChI is InChI=1S/C19H15N5O/c1-12(24-11-21-16-8-4-5-9-17(16)24)18(25)13(10-20)19-22-14-6-2-3-7-15(14)23-19/h2-9,11-13H,1H3,(H,22,23). The summed E-state index contributed by atoms with van der Waals surface area (Å²) in [5.41, 5.74) is 3.24. The molecule has 122 valence electrons. The van der Waals surface area contributed by atoms with E-state index in [-0.39, 0.29) is 5.78 Å². The molecule has 1 N–H and O–H groups in total. The fourth-order valence-electron chi connectivity index (χ4n) is 3.03. The number of imidazole rings is 2. The summed E-state index contributed by atoms with van der Waals surface area (Å²) in [7, 11) is 0. The summed E-state index contributed by atoms with van der Waals surface area (Å²) in [5.74, 6) is -0.793. The molecule has 0 radical (unpaired) electrons. The lowest BCUT2D eigenvalue weighted by molar-refractivity contribution is -0.122. The topological polar surface area (TPSA) is 87.4 Å². The van der Waals surface area contributed by atoms with Crippen molar-refractivity contribution in [2.75, 3.05) is 0 Å². The van der Waals surface area contributed by atoms with Crippen LogP contribution in [0.3, 0.4) is 0 Å². The molecule has 6 nitrogen and oxygen atoms in total. The van der Waals surface area contributed by atoms with Gasteiger partial charge in [-0.25, -0.2) is 9.97 Å². The Morgan fingerprint density at radius 3 is 2.64 bits per heavy atom. The number of nitrogens with zero attached hydrogens (tertiary/aromatic N) is 4. The molecule has 0 saturated heterocycles. The van der Waals surface area contributed by atoms with Gasteiger partial charge in [0.15, 0.2) is 11.7 Å². The number of nitriles is 1. The first-order chi connectivity index (χ1) is 12.2. The minimum absolute atomic E-state index is 0.218. The molecular formula is C19H15N5O. The largest absolute Gasteiger partial charge is 0.340 e. The van der Waals surface area contributed by atoms with Crippen molar-refractivity contribution in [3.05, 3.63) is 60.7 Å². The second-order valence-corrected chi connectivity index (χ2v) is 5.92. The predicted octanol–water partition coefficient (Wildman–Crippen LogP) is 3.35. The third-order valence-electron chi connectivity index (χ3n) is 4.40. The van der Waals surface area contributed by atoms with Gasteiger partial charge < -0.3 is 9.55 Å². The van der Waals surface area contributed by atoms with Gasteiger partial charge in [-0.1, -0.05) is 24.3 Å². The molecule has 0 aliphatic heterocycles. The van der Waals surface area contributed by atoms with Gasteiger partial charge in [-0.15, -0.1) is 0 Å². The van der Waals surface area contributed by atoms with Crippen LogP contribution in [0.4, 0.5) is 0 Å². The van der Waals surface area contributed by atoms with Crippen LogP contribution in [0, 0.1) is 11.3 Å². The van der Waals surface area contributed by atoms with Gasteiger partial charge in [0.25, 0.3) is 0 Å². The molecule has 0 saturated carbocycles. The number of H-pyrrole nitrogens is 1. The maximum Gasteiger partial charge on any atom is 0.180 e. The number of benzene rings is 2. The Morgan fingerprint density at radius 2 is 1.88 bits per heavy atom.